The first kappa shape index (κ1) is 21.0. The second-order valence-corrected chi connectivity index (χ2v) is 7.46. The van der Waals surface area contributed by atoms with Crippen LogP contribution in [0.2, 0.25) is 0 Å². The summed E-state index contributed by atoms with van der Waals surface area (Å²) in [4.78, 5) is 24.9. The molecule has 1 N–H and O–H groups in total. The van der Waals surface area contributed by atoms with E-state index in [-0.39, 0.29) is 24.9 Å². The van der Waals surface area contributed by atoms with Gasteiger partial charge in [-0.15, -0.1) is 0 Å². The maximum atomic E-state index is 14.4. The fourth-order valence-electron chi connectivity index (χ4n) is 3.11. The van der Waals surface area contributed by atoms with Crippen molar-refractivity contribution in [3.63, 3.8) is 0 Å². The van der Waals surface area contributed by atoms with Crippen molar-refractivity contribution in [2.24, 2.45) is 0 Å². The molecule has 0 radical (unpaired) electrons. The van der Waals surface area contributed by atoms with Gasteiger partial charge in [0.05, 0.1) is 5.56 Å². The molecule has 1 heterocycles. The molecule has 5 nitrogen and oxygen atoms in total. The van der Waals surface area contributed by atoms with Gasteiger partial charge in [-0.05, 0) is 51.2 Å². The minimum atomic E-state index is -4.84. The molecule has 150 valence electrons. The van der Waals surface area contributed by atoms with Crippen molar-refractivity contribution >= 4 is 12.1 Å². The second kappa shape index (κ2) is 7.36. The van der Waals surface area contributed by atoms with Gasteiger partial charge in [0, 0.05) is 6.54 Å². The molecule has 0 aliphatic carbocycles. The van der Waals surface area contributed by atoms with Crippen LogP contribution in [-0.2, 0) is 15.7 Å². The van der Waals surface area contributed by atoms with Crippen molar-refractivity contribution in [3.8, 4) is 0 Å². The number of ether oxygens (including phenoxy) is 1. The van der Waals surface area contributed by atoms with Crippen LogP contribution in [0.4, 0.5) is 22.4 Å². The Labute approximate surface area is 153 Å². The van der Waals surface area contributed by atoms with Crippen molar-refractivity contribution < 1.29 is 37.0 Å². The average molecular weight is 391 g/mol. The van der Waals surface area contributed by atoms with Gasteiger partial charge in [0.2, 0.25) is 0 Å². The number of piperidine rings is 1. The highest BCUT2D eigenvalue weighted by atomic mass is 19.4. The molecule has 1 aliphatic heterocycles. The van der Waals surface area contributed by atoms with Crippen molar-refractivity contribution in [1.82, 2.24) is 4.90 Å². The molecule has 27 heavy (non-hydrogen) atoms. The van der Waals surface area contributed by atoms with Crippen LogP contribution in [0.3, 0.4) is 0 Å². The van der Waals surface area contributed by atoms with E-state index in [1.807, 2.05) is 0 Å². The summed E-state index contributed by atoms with van der Waals surface area (Å²) < 4.78 is 58.3. The van der Waals surface area contributed by atoms with Crippen LogP contribution in [0.5, 0.6) is 0 Å². The Kier molecular flexibility index (Phi) is 5.72. The second-order valence-electron chi connectivity index (χ2n) is 7.46. The Balaban J connectivity index is 2.28. The number of carboxylic acids is 1. The number of hydrogen-bond acceptors (Lipinski definition) is 3. The van der Waals surface area contributed by atoms with Crippen LogP contribution in [0.1, 0.15) is 50.7 Å². The van der Waals surface area contributed by atoms with Gasteiger partial charge >= 0.3 is 18.2 Å². The number of rotatable bonds is 2. The van der Waals surface area contributed by atoms with Crippen LogP contribution in [0, 0.1) is 5.82 Å². The first-order valence-corrected chi connectivity index (χ1v) is 8.39. The monoisotopic (exact) mass is 391 g/mol. The first-order valence-electron chi connectivity index (χ1n) is 8.39. The molecule has 0 bridgehead atoms. The van der Waals surface area contributed by atoms with E-state index in [2.05, 4.69) is 0 Å². The topological polar surface area (TPSA) is 66.8 Å². The summed E-state index contributed by atoms with van der Waals surface area (Å²) in [7, 11) is 0. The normalized spacial score (nSPS) is 21.1. The number of aliphatic carboxylic acids is 1. The number of carboxylic acid groups (broad SMARTS) is 1. The van der Waals surface area contributed by atoms with E-state index in [9.17, 15) is 32.3 Å². The number of nitrogens with zero attached hydrogens (tertiary/aromatic N) is 1. The van der Waals surface area contributed by atoms with Gasteiger partial charge in [-0.25, -0.2) is 14.0 Å². The Morgan fingerprint density at radius 1 is 1.22 bits per heavy atom. The van der Waals surface area contributed by atoms with Gasteiger partial charge in [0.25, 0.3) is 0 Å². The van der Waals surface area contributed by atoms with E-state index >= 15 is 0 Å². The van der Waals surface area contributed by atoms with Gasteiger partial charge in [-0.2, -0.15) is 13.2 Å². The summed E-state index contributed by atoms with van der Waals surface area (Å²) in [6.07, 6.45) is -5.74. The molecule has 9 heteroatoms. The molecule has 1 aliphatic rings. The van der Waals surface area contributed by atoms with Crippen molar-refractivity contribution in [3.05, 3.63) is 35.1 Å². The molecule has 1 aromatic carbocycles. The number of hydrogen-bond donors (Lipinski definition) is 1. The Hall–Kier alpha value is -2.32. The van der Waals surface area contributed by atoms with Gasteiger partial charge in [-0.3, -0.25) is 4.90 Å². The molecular weight excluding hydrogens is 370 g/mol. The smallest absolute Gasteiger partial charge is 0.419 e. The standard InChI is InChI=1S/C18H21F4NO4/c1-17(2,3)27-16(26)23-8-7-10(9-13(23)15(24)25)11-5-4-6-12(14(11)19)18(20,21)22/h4-6,10,13H,7-9H2,1-3H3,(H,24,25)/t10-,13+/m0/s1. The predicted octanol–water partition coefficient (Wildman–Crippen LogP) is 4.41. The molecule has 1 amide bonds. The summed E-state index contributed by atoms with van der Waals surface area (Å²) in [5.41, 5.74) is -2.41. The number of alkyl halides is 3. The van der Waals surface area contributed by atoms with E-state index in [1.54, 1.807) is 20.8 Å². The summed E-state index contributed by atoms with van der Waals surface area (Å²) in [6, 6.07) is 1.64. The molecule has 0 saturated carbocycles. The van der Waals surface area contributed by atoms with Crippen LogP contribution in [-0.4, -0.2) is 40.3 Å². The molecule has 1 fully saturated rings. The maximum Gasteiger partial charge on any atom is 0.419 e. The number of benzene rings is 1. The van der Waals surface area contributed by atoms with Gasteiger partial charge in [0.15, 0.2) is 0 Å². The fraction of sp³-hybridized carbons (Fsp3) is 0.556. The van der Waals surface area contributed by atoms with Crippen molar-refractivity contribution in [2.75, 3.05) is 6.54 Å². The van der Waals surface area contributed by atoms with E-state index in [4.69, 9.17) is 4.74 Å². The summed E-state index contributed by atoms with van der Waals surface area (Å²) in [5, 5.41) is 9.45. The lowest BCUT2D eigenvalue weighted by Gasteiger charge is -2.38. The average Bonchev–Trinajstić information content (AvgIpc) is 2.51. The Morgan fingerprint density at radius 3 is 2.37 bits per heavy atom. The third-order valence-electron chi connectivity index (χ3n) is 4.29. The lowest BCUT2D eigenvalue weighted by molar-refractivity contribution is -0.145. The SMILES string of the molecule is CC(C)(C)OC(=O)N1CC[C@H](c2cccc(C(F)(F)F)c2F)C[C@@H]1C(=O)O. The summed E-state index contributed by atoms with van der Waals surface area (Å²) in [5.74, 6) is -3.48. The molecule has 2 atom stereocenters. The number of halogens is 4. The van der Waals surface area contributed by atoms with Crippen molar-refractivity contribution in [1.29, 1.82) is 0 Å². The Bertz CT molecular complexity index is 727. The quantitative estimate of drug-likeness (QED) is 0.759. The predicted molar refractivity (Wildman–Crippen MR) is 87.7 cm³/mol. The lowest BCUT2D eigenvalue weighted by Crippen LogP contribution is -2.51. The van der Waals surface area contributed by atoms with E-state index in [0.29, 0.717) is 6.07 Å². The lowest BCUT2D eigenvalue weighted by atomic mass is 9.84. The first-order chi connectivity index (χ1) is 12.3. The van der Waals surface area contributed by atoms with Gasteiger partial charge in [0.1, 0.15) is 17.5 Å². The van der Waals surface area contributed by atoms with E-state index < -0.39 is 47.2 Å². The van der Waals surface area contributed by atoms with Crippen LogP contribution in [0.25, 0.3) is 0 Å². The highest BCUT2D eigenvalue weighted by molar-refractivity contribution is 5.80. The molecule has 2 rings (SSSR count). The zero-order chi connectivity index (χ0) is 20.6. The molecular formula is C18H21F4NO4. The largest absolute Gasteiger partial charge is 0.480 e. The van der Waals surface area contributed by atoms with Gasteiger partial charge < -0.3 is 9.84 Å². The minimum Gasteiger partial charge on any atom is -0.480 e. The molecule has 1 saturated heterocycles. The van der Waals surface area contributed by atoms with E-state index in [1.165, 1.54) is 6.07 Å². The zero-order valence-electron chi connectivity index (χ0n) is 15.1. The number of carbonyl (C=O) groups is 2. The minimum absolute atomic E-state index is 0.0633. The van der Waals surface area contributed by atoms with Crippen LogP contribution < -0.4 is 0 Å². The highest BCUT2D eigenvalue weighted by Crippen LogP contribution is 2.38. The maximum absolute atomic E-state index is 14.4. The molecule has 0 spiro atoms. The zero-order valence-corrected chi connectivity index (χ0v) is 15.1. The van der Waals surface area contributed by atoms with E-state index in [0.717, 1.165) is 11.0 Å². The van der Waals surface area contributed by atoms with Crippen LogP contribution in [0.15, 0.2) is 18.2 Å². The number of carbonyl (C=O) groups excluding carboxylic acids is 1. The summed E-state index contributed by atoms with van der Waals surface area (Å²) >= 11 is 0. The molecule has 0 aromatic heterocycles. The number of amides is 1. The van der Waals surface area contributed by atoms with Crippen LogP contribution >= 0.6 is 0 Å². The fourth-order valence-corrected chi connectivity index (χ4v) is 3.11. The van der Waals surface area contributed by atoms with Gasteiger partial charge in [-0.1, -0.05) is 12.1 Å². The molecule has 0 unspecified atom stereocenters. The third-order valence-corrected chi connectivity index (χ3v) is 4.29. The highest BCUT2D eigenvalue weighted by Gasteiger charge is 2.41. The summed E-state index contributed by atoms with van der Waals surface area (Å²) in [6.45, 7) is 4.83. The Morgan fingerprint density at radius 2 is 1.85 bits per heavy atom. The third kappa shape index (κ3) is 4.90. The number of likely N-dealkylation sites (tertiary alicyclic amines) is 1. The molecule has 1 aromatic rings. The van der Waals surface area contributed by atoms with Crippen molar-refractivity contribution in [2.45, 2.75) is 57.3 Å².